The van der Waals surface area contributed by atoms with Crippen LogP contribution < -0.4 is 9.62 Å². The highest BCUT2D eigenvalue weighted by Gasteiger charge is 2.31. The molecule has 0 radical (unpaired) electrons. The summed E-state index contributed by atoms with van der Waals surface area (Å²) in [4.78, 5) is 27.0. The van der Waals surface area contributed by atoms with Crippen molar-refractivity contribution in [1.82, 2.24) is 10.2 Å². The van der Waals surface area contributed by atoms with Crippen molar-refractivity contribution < 1.29 is 22.4 Å². The zero-order chi connectivity index (χ0) is 23.2. The summed E-state index contributed by atoms with van der Waals surface area (Å²) >= 11 is 5.93. The maximum absolute atomic E-state index is 13.3. The van der Waals surface area contributed by atoms with E-state index >= 15 is 0 Å². The second-order valence-corrected chi connectivity index (χ2v) is 9.28. The van der Waals surface area contributed by atoms with Crippen molar-refractivity contribution in [2.75, 3.05) is 24.2 Å². The SMILES string of the molecule is CC[C@@H](C(=O)NC)N(Cc1ccc(Cl)cc1)C(=O)CN(c1ccc(F)cc1)S(C)(=O)=O. The van der Waals surface area contributed by atoms with Crippen LogP contribution in [-0.2, 0) is 26.2 Å². The van der Waals surface area contributed by atoms with E-state index < -0.39 is 34.3 Å². The van der Waals surface area contributed by atoms with E-state index in [4.69, 9.17) is 11.6 Å². The first-order valence-corrected chi connectivity index (χ1v) is 11.8. The van der Waals surface area contributed by atoms with E-state index in [-0.39, 0.29) is 18.1 Å². The van der Waals surface area contributed by atoms with Crippen LogP contribution in [0.5, 0.6) is 0 Å². The molecule has 0 spiro atoms. The van der Waals surface area contributed by atoms with Gasteiger partial charge in [-0.15, -0.1) is 0 Å². The van der Waals surface area contributed by atoms with Gasteiger partial charge in [-0.3, -0.25) is 13.9 Å². The van der Waals surface area contributed by atoms with Crippen LogP contribution in [0, 0.1) is 5.82 Å². The van der Waals surface area contributed by atoms with E-state index in [0.717, 1.165) is 28.3 Å². The lowest BCUT2D eigenvalue weighted by molar-refractivity contribution is -0.140. The number of carbonyl (C=O) groups is 2. The van der Waals surface area contributed by atoms with Crippen molar-refractivity contribution in [3.8, 4) is 0 Å². The van der Waals surface area contributed by atoms with Crippen LogP contribution >= 0.6 is 11.6 Å². The van der Waals surface area contributed by atoms with Gasteiger partial charge in [0.15, 0.2) is 0 Å². The average Bonchev–Trinajstić information content (AvgIpc) is 2.72. The summed E-state index contributed by atoms with van der Waals surface area (Å²) in [5, 5.41) is 3.07. The van der Waals surface area contributed by atoms with Gasteiger partial charge in [0.2, 0.25) is 21.8 Å². The van der Waals surface area contributed by atoms with Crippen molar-refractivity contribution in [2.24, 2.45) is 0 Å². The zero-order valence-electron chi connectivity index (χ0n) is 17.5. The van der Waals surface area contributed by atoms with Gasteiger partial charge < -0.3 is 10.2 Å². The first-order valence-electron chi connectivity index (χ1n) is 9.55. The molecule has 0 aromatic heterocycles. The molecule has 0 fully saturated rings. The molecule has 2 aromatic carbocycles. The fraction of sp³-hybridized carbons (Fsp3) is 0.333. The first kappa shape index (κ1) is 24.6. The van der Waals surface area contributed by atoms with Crippen molar-refractivity contribution in [1.29, 1.82) is 0 Å². The Morgan fingerprint density at radius 3 is 2.16 bits per heavy atom. The van der Waals surface area contributed by atoms with Gasteiger partial charge in [0, 0.05) is 18.6 Å². The Bertz CT molecular complexity index is 1010. The third kappa shape index (κ3) is 6.67. The molecule has 0 aliphatic carbocycles. The van der Waals surface area contributed by atoms with Gasteiger partial charge in [-0.05, 0) is 48.4 Å². The predicted molar refractivity (Wildman–Crippen MR) is 119 cm³/mol. The van der Waals surface area contributed by atoms with Gasteiger partial charge in [-0.2, -0.15) is 0 Å². The van der Waals surface area contributed by atoms with Crippen LogP contribution in [0.2, 0.25) is 5.02 Å². The molecule has 7 nitrogen and oxygen atoms in total. The number of nitrogens with one attached hydrogen (secondary N) is 1. The standard InChI is InChI=1S/C21H25ClFN3O4S/c1-4-19(21(28)24-2)25(13-15-5-7-16(22)8-6-15)20(27)14-26(31(3,29)30)18-11-9-17(23)10-12-18/h5-12,19H,4,13-14H2,1-3H3,(H,24,28)/t19-/m0/s1. The molecule has 1 atom stereocenters. The number of hydrogen-bond donors (Lipinski definition) is 1. The molecule has 0 aliphatic heterocycles. The Balaban J connectivity index is 2.40. The summed E-state index contributed by atoms with van der Waals surface area (Å²) in [6.45, 7) is 1.31. The predicted octanol–water partition coefficient (Wildman–Crippen LogP) is 2.80. The maximum atomic E-state index is 13.3. The fourth-order valence-electron chi connectivity index (χ4n) is 3.09. The number of carbonyl (C=O) groups excluding carboxylic acids is 2. The highest BCUT2D eigenvalue weighted by Crippen LogP contribution is 2.20. The average molecular weight is 470 g/mol. The zero-order valence-corrected chi connectivity index (χ0v) is 19.1. The molecule has 2 rings (SSSR count). The molecule has 0 heterocycles. The second kappa shape index (κ2) is 10.6. The van der Waals surface area contributed by atoms with E-state index in [9.17, 15) is 22.4 Å². The highest BCUT2D eigenvalue weighted by atomic mass is 35.5. The Hall–Kier alpha value is -2.65. The molecule has 0 aliphatic rings. The van der Waals surface area contributed by atoms with Crippen LogP contribution in [0.1, 0.15) is 18.9 Å². The van der Waals surface area contributed by atoms with Gasteiger partial charge in [-0.1, -0.05) is 30.7 Å². The number of amides is 2. The summed E-state index contributed by atoms with van der Waals surface area (Å²) in [5.74, 6) is -1.46. The fourth-order valence-corrected chi connectivity index (χ4v) is 4.07. The minimum Gasteiger partial charge on any atom is -0.357 e. The number of nitrogens with zero attached hydrogens (tertiary/aromatic N) is 2. The number of likely N-dealkylation sites (N-methyl/N-ethyl adjacent to an activating group) is 1. The van der Waals surface area contributed by atoms with Crippen molar-refractivity contribution >= 4 is 39.1 Å². The molecule has 0 bridgehead atoms. The number of anilines is 1. The monoisotopic (exact) mass is 469 g/mol. The van der Waals surface area contributed by atoms with E-state index in [0.29, 0.717) is 11.4 Å². The highest BCUT2D eigenvalue weighted by molar-refractivity contribution is 7.92. The topological polar surface area (TPSA) is 86.8 Å². The Morgan fingerprint density at radius 1 is 1.10 bits per heavy atom. The Labute approximate surface area is 186 Å². The summed E-state index contributed by atoms with van der Waals surface area (Å²) in [6.07, 6.45) is 1.29. The second-order valence-electron chi connectivity index (χ2n) is 6.93. The van der Waals surface area contributed by atoms with E-state index in [1.54, 1.807) is 31.2 Å². The molecule has 0 unspecified atom stereocenters. The number of halogens is 2. The van der Waals surface area contributed by atoms with Crippen LogP contribution in [-0.4, -0.2) is 51.0 Å². The van der Waals surface area contributed by atoms with Crippen LogP contribution in [0.15, 0.2) is 48.5 Å². The molecule has 0 saturated heterocycles. The van der Waals surface area contributed by atoms with Crippen molar-refractivity contribution in [3.05, 3.63) is 64.9 Å². The molecule has 10 heteroatoms. The van der Waals surface area contributed by atoms with Gasteiger partial charge in [0.25, 0.3) is 0 Å². The van der Waals surface area contributed by atoms with Gasteiger partial charge in [-0.25, -0.2) is 12.8 Å². The van der Waals surface area contributed by atoms with Crippen molar-refractivity contribution in [3.63, 3.8) is 0 Å². The number of rotatable bonds is 9. The molecular weight excluding hydrogens is 445 g/mol. The molecule has 1 N–H and O–H groups in total. The van der Waals surface area contributed by atoms with E-state index in [2.05, 4.69) is 5.32 Å². The smallest absolute Gasteiger partial charge is 0.244 e. The normalized spacial score (nSPS) is 12.2. The largest absolute Gasteiger partial charge is 0.357 e. The lowest BCUT2D eigenvalue weighted by Crippen LogP contribution is -2.51. The number of hydrogen-bond acceptors (Lipinski definition) is 4. The van der Waals surface area contributed by atoms with Gasteiger partial charge in [0.1, 0.15) is 18.4 Å². The van der Waals surface area contributed by atoms with Crippen LogP contribution in [0.25, 0.3) is 0 Å². The molecule has 31 heavy (non-hydrogen) atoms. The third-order valence-electron chi connectivity index (χ3n) is 4.69. The number of sulfonamides is 1. The summed E-state index contributed by atoms with van der Waals surface area (Å²) in [7, 11) is -2.38. The van der Waals surface area contributed by atoms with Gasteiger partial charge in [0.05, 0.1) is 11.9 Å². The first-order chi connectivity index (χ1) is 14.6. The lowest BCUT2D eigenvalue weighted by Gasteiger charge is -2.32. The van der Waals surface area contributed by atoms with Crippen LogP contribution in [0.4, 0.5) is 10.1 Å². The molecule has 2 amide bonds. The van der Waals surface area contributed by atoms with Crippen molar-refractivity contribution in [2.45, 2.75) is 25.9 Å². The Kier molecular flexibility index (Phi) is 8.41. The Morgan fingerprint density at radius 2 is 1.68 bits per heavy atom. The van der Waals surface area contributed by atoms with E-state index in [1.807, 2.05) is 0 Å². The number of benzene rings is 2. The maximum Gasteiger partial charge on any atom is 0.244 e. The van der Waals surface area contributed by atoms with Gasteiger partial charge >= 0.3 is 0 Å². The summed E-state index contributed by atoms with van der Waals surface area (Å²) in [6, 6.07) is 10.8. The summed E-state index contributed by atoms with van der Waals surface area (Å²) < 4.78 is 38.9. The minimum absolute atomic E-state index is 0.0863. The van der Waals surface area contributed by atoms with E-state index in [1.165, 1.54) is 24.1 Å². The molecular formula is C21H25ClFN3O4S. The lowest BCUT2D eigenvalue weighted by atomic mass is 10.1. The van der Waals surface area contributed by atoms with Crippen LogP contribution in [0.3, 0.4) is 0 Å². The minimum atomic E-state index is -3.85. The molecule has 2 aromatic rings. The molecule has 0 saturated carbocycles. The molecule has 168 valence electrons. The third-order valence-corrected chi connectivity index (χ3v) is 6.08. The quantitative estimate of drug-likeness (QED) is 0.611. The summed E-state index contributed by atoms with van der Waals surface area (Å²) in [5.41, 5.74) is 0.879.